The van der Waals surface area contributed by atoms with Gasteiger partial charge < -0.3 is 15.2 Å². The van der Waals surface area contributed by atoms with Crippen LogP contribution in [0.3, 0.4) is 0 Å². The second kappa shape index (κ2) is 5.10. The topological polar surface area (TPSA) is 41.5 Å². The van der Waals surface area contributed by atoms with Crippen LogP contribution in [0.5, 0.6) is 0 Å². The lowest BCUT2D eigenvalue weighted by Gasteiger charge is -2.48. The Balaban J connectivity index is 1.77. The molecule has 3 nitrogen and oxygen atoms in total. The van der Waals surface area contributed by atoms with Gasteiger partial charge in [0.15, 0.2) is 0 Å². The molecule has 4 heteroatoms. The third kappa shape index (κ3) is 2.47. The van der Waals surface area contributed by atoms with Crippen molar-refractivity contribution in [1.82, 2.24) is 0 Å². The van der Waals surface area contributed by atoms with Gasteiger partial charge in [-0.3, -0.25) is 0 Å². The summed E-state index contributed by atoms with van der Waals surface area (Å²) in [6, 6.07) is 6.28. The third-order valence-corrected chi connectivity index (χ3v) is 4.37. The van der Waals surface area contributed by atoms with E-state index >= 15 is 0 Å². The molecule has 1 saturated heterocycles. The van der Waals surface area contributed by atoms with Crippen molar-refractivity contribution in [3.8, 4) is 0 Å². The summed E-state index contributed by atoms with van der Waals surface area (Å²) in [7, 11) is 0. The van der Waals surface area contributed by atoms with E-state index in [0.717, 1.165) is 37.8 Å². The molecular weight excluding hydrogens is 245 g/mol. The van der Waals surface area contributed by atoms with Crippen molar-refractivity contribution in [3.63, 3.8) is 0 Å². The van der Waals surface area contributed by atoms with Crippen LogP contribution < -0.4 is 5.32 Å². The first-order valence-electron chi connectivity index (χ1n) is 7.04. The van der Waals surface area contributed by atoms with Crippen molar-refractivity contribution >= 4 is 5.69 Å². The summed E-state index contributed by atoms with van der Waals surface area (Å²) in [6.07, 6.45) is 4.58. The molecule has 1 aromatic rings. The maximum Gasteiger partial charge on any atom is 0.123 e. The summed E-state index contributed by atoms with van der Waals surface area (Å²) in [5, 5.41) is 14.3. The second-order valence-electron chi connectivity index (χ2n) is 5.59. The van der Waals surface area contributed by atoms with Crippen molar-refractivity contribution in [2.75, 3.05) is 11.9 Å². The highest BCUT2D eigenvalue weighted by Crippen LogP contribution is 2.38. The van der Waals surface area contributed by atoms with Gasteiger partial charge in [0.2, 0.25) is 0 Å². The molecule has 19 heavy (non-hydrogen) atoms. The number of hydrogen-bond acceptors (Lipinski definition) is 3. The van der Waals surface area contributed by atoms with Gasteiger partial charge >= 0.3 is 0 Å². The predicted octanol–water partition coefficient (Wildman–Crippen LogP) is 2.70. The number of nitrogens with one attached hydrogen (secondary N) is 1. The summed E-state index contributed by atoms with van der Waals surface area (Å²) >= 11 is 0. The molecule has 1 aliphatic heterocycles. The highest BCUT2D eigenvalue weighted by atomic mass is 19.1. The Morgan fingerprint density at radius 1 is 1.21 bits per heavy atom. The van der Waals surface area contributed by atoms with Crippen LogP contribution in [-0.4, -0.2) is 29.5 Å². The first-order valence-corrected chi connectivity index (χ1v) is 7.04. The average Bonchev–Trinajstić information content (AvgIpc) is 2.42. The number of aliphatic hydroxyl groups is 1. The molecule has 0 amide bonds. The van der Waals surface area contributed by atoms with Crippen molar-refractivity contribution in [2.24, 2.45) is 0 Å². The van der Waals surface area contributed by atoms with E-state index in [1.807, 2.05) is 0 Å². The highest BCUT2D eigenvalue weighted by molar-refractivity contribution is 5.44. The van der Waals surface area contributed by atoms with Crippen LogP contribution in [0.15, 0.2) is 24.3 Å². The number of benzene rings is 1. The first kappa shape index (κ1) is 12.9. The van der Waals surface area contributed by atoms with Gasteiger partial charge in [-0.2, -0.15) is 0 Å². The fraction of sp³-hybridized carbons (Fsp3) is 0.600. The lowest BCUT2D eigenvalue weighted by Crippen LogP contribution is -2.61. The zero-order valence-corrected chi connectivity index (χ0v) is 10.9. The van der Waals surface area contributed by atoms with Crippen LogP contribution in [0.2, 0.25) is 0 Å². The molecular formula is C15H20FNO2. The smallest absolute Gasteiger partial charge is 0.123 e. The van der Waals surface area contributed by atoms with Gasteiger partial charge in [0, 0.05) is 12.3 Å². The molecule has 3 atom stereocenters. The Morgan fingerprint density at radius 3 is 2.79 bits per heavy atom. The Morgan fingerprint density at radius 2 is 2.00 bits per heavy atom. The van der Waals surface area contributed by atoms with Crippen LogP contribution in [-0.2, 0) is 4.74 Å². The highest BCUT2D eigenvalue weighted by Gasteiger charge is 2.48. The van der Waals surface area contributed by atoms with Gasteiger partial charge in [0.05, 0.1) is 12.1 Å². The first-order chi connectivity index (χ1) is 9.18. The summed E-state index contributed by atoms with van der Waals surface area (Å²) in [6.45, 7) is 0.672. The molecule has 0 radical (unpaired) electrons. The molecule has 0 spiro atoms. The standard InChI is InChI=1S/C15H20FNO2/c16-11-4-6-12(7-5-11)17-13-8-10-19-14-3-1-2-9-15(13,14)18/h4-7,13-14,17-18H,1-3,8-10H2. The Bertz CT molecular complexity index is 434. The molecule has 1 heterocycles. The van der Waals surface area contributed by atoms with Crippen molar-refractivity contribution in [3.05, 3.63) is 30.1 Å². The number of hydrogen-bond donors (Lipinski definition) is 2. The maximum absolute atomic E-state index is 12.9. The largest absolute Gasteiger partial charge is 0.385 e. The second-order valence-corrected chi connectivity index (χ2v) is 5.59. The summed E-state index contributed by atoms with van der Waals surface area (Å²) in [5.74, 6) is -0.244. The fourth-order valence-corrected chi connectivity index (χ4v) is 3.30. The summed E-state index contributed by atoms with van der Waals surface area (Å²) in [5.41, 5.74) is 0.0660. The number of ether oxygens (including phenoxy) is 1. The van der Waals surface area contributed by atoms with Crippen LogP contribution in [0.1, 0.15) is 32.1 Å². The van der Waals surface area contributed by atoms with Crippen LogP contribution >= 0.6 is 0 Å². The van der Waals surface area contributed by atoms with Gasteiger partial charge in [0.25, 0.3) is 0 Å². The summed E-state index contributed by atoms with van der Waals surface area (Å²) < 4.78 is 18.6. The van der Waals surface area contributed by atoms with Gasteiger partial charge in [-0.25, -0.2) is 4.39 Å². The van der Waals surface area contributed by atoms with E-state index in [0.29, 0.717) is 6.61 Å². The monoisotopic (exact) mass is 265 g/mol. The fourth-order valence-electron chi connectivity index (χ4n) is 3.30. The molecule has 2 N–H and O–H groups in total. The van der Waals surface area contributed by atoms with E-state index in [9.17, 15) is 9.50 Å². The van der Waals surface area contributed by atoms with Crippen molar-refractivity contribution in [2.45, 2.75) is 49.9 Å². The Kier molecular flexibility index (Phi) is 3.46. The lowest BCUT2D eigenvalue weighted by atomic mass is 9.74. The zero-order chi connectivity index (χ0) is 13.3. The van der Waals surface area contributed by atoms with Crippen molar-refractivity contribution < 1.29 is 14.2 Å². The molecule has 1 aromatic carbocycles. The Hall–Kier alpha value is -1.13. The molecule has 104 valence electrons. The number of anilines is 1. The van der Waals surface area contributed by atoms with Gasteiger partial charge in [-0.15, -0.1) is 0 Å². The predicted molar refractivity (Wildman–Crippen MR) is 71.6 cm³/mol. The number of fused-ring (bicyclic) bond motifs is 1. The molecule has 0 aromatic heterocycles. The SMILES string of the molecule is OC12CCCCC1OCCC2Nc1ccc(F)cc1. The normalized spacial score (nSPS) is 34.6. The molecule has 2 fully saturated rings. The lowest BCUT2D eigenvalue weighted by molar-refractivity contribution is -0.169. The van der Waals surface area contributed by atoms with Crippen LogP contribution in [0, 0.1) is 5.82 Å². The van der Waals surface area contributed by atoms with E-state index in [-0.39, 0.29) is 18.0 Å². The zero-order valence-electron chi connectivity index (χ0n) is 10.9. The summed E-state index contributed by atoms with van der Waals surface area (Å²) in [4.78, 5) is 0. The van der Waals surface area contributed by atoms with Gasteiger partial charge in [-0.1, -0.05) is 12.8 Å². The quantitative estimate of drug-likeness (QED) is 0.864. The molecule has 2 aliphatic rings. The molecule has 1 saturated carbocycles. The van der Waals surface area contributed by atoms with Crippen LogP contribution in [0.4, 0.5) is 10.1 Å². The minimum atomic E-state index is -0.787. The van der Waals surface area contributed by atoms with E-state index < -0.39 is 5.60 Å². The van der Waals surface area contributed by atoms with Crippen LogP contribution in [0.25, 0.3) is 0 Å². The Labute approximate surface area is 112 Å². The minimum absolute atomic E-state index is 0.0167. The third-order valence-electron chi connectivity index (χ3n) is 4.37. The molecule has 1 aliphatic carbocycles. The number of rotatable bonds is 2. The van der Waals surface area contributed by atoms with E-state index in [1.54, 1.807) is 12.1 Å². The van der Waals surface area contributed by atoms with E-state index in [2.05, 4.69) is 5.32 Å². The minimum Gasteiger partial charge on any atom is -0.385 e. The maximum atomic E-state index is 12.9. The number of halogens is 1. The molecule has 0 bridgehead atoms. The van der Waals surface area contributed by atoms with E-state index in [1.165, 1.54) is 12.1 Å². The molecule has 3 unspecified atom stereocenters. The average molecular weight is 265 g/mol. The van der Waals surface area contributed by atoms with Crippen molar-refractivity contribution in [1.29, 1.82) is 0 Å². The van der Waals surface area contributed by atoms with Gasteiger partial charge in [-0.05, 0) is 43.5 Å². The van der Waals surface area contributed by atoms with Gasteiger partial charge in [0.1, 0.15) is 11.4 Å². The molecule has 3 rings (SSSR count). The van der Waals surface area contributed by atoms with E-state index in [4.69, 9.17) is 4.74 Å².